The molecule has 0 radical (unpaired) electrons. The van der Waals surface area contributed by atoms with Gasteiger partial charge in [0.1, 0.15) is 6.04 Å². The van der Waals surface area contributed by atoms with Gasteiger partial charge in [-0.15, -0.1) is 0 Å². The summed E-state index contributed by atoms with van der Waals surface area (Å²) in [6, 6.07) is -0.780. The first-order valence-corrected chi connectivity index (χ1v) is 6.79. The Morgan fingerprint density at radius 2 is 2.05 bits per heavy atom. The van der Waals surface area contributed by atoms with E-state index < -0.39 is 30.5 Å². The number of nitrogens with one attached hydrogen (secondary N) is 1. The number of hydrogen-bond acceptors (Lipinski definition) is 7. The molecule has 1 heterocycles. The summed E-state index contributed by atoms with van der Waals surface area (Å²) in [4.78, 5) is 42.5. The van der Waals surface area contributed by atoms with Gasteiger partial charge < -0.3 is 14.8 Å². The zero-order valence-electron chi connectivity index (χ0n) is 12.7. The summed E-state index contributed by atoms with van der Waals surface area (Å²) in [6.07, 6.45) is 4.67. The number of amides is 1. The van der Waals surface area contributed by atoms with Crippen molar-refractivity contribution in [1.29, 1.82) is 0 Å². The molecule has 0 saturated heterocycles. The van der Waals surface area contributed by atoms with E-state index in [9.17, 15) is 14.4 Å². The van der Waals surface area contributed by atoms with Crippen LogP contribution in [0, 0.1) is 5.92 Å². The maximum absolute atomic E-state index is 11.8. The van der Waals surface area contributed by atoms with E-state index in [0.29, 0.717) is 6.42 Å². The first-order chi connectivity index (χ1) is 10.5. The van der Waals surface area contributed by atoms with Crippen LogP contribution in [0.25, 0.3) is 0 Å². The summed E-state index contributed by atoms with van der Waals surface area (Å²) in [5.74, 6) is -2.00. The van der Waals surface area contributed by atoms with E-state index in [1.807, 2.05) is 13.8 Å². The predicted molar refractivity (Wildman–Crippen MR) is 75.7 cm³/mol. The normalized spacial score (nSPS) is 12.9. The molecule has 0 fully saturated rings. The number of rotatable bonds is 7. The minimum atomic E-state index is -0.780. The Hall–Kier alpha value is -2.51. The second kappa shape index (κ2) is 8.71. The fourth-order valence-corrected chi connectivity index (χ4v) is 1.62. The van der Waals surface area contributed by atoms with Gasteiger partial charge in [-0.05, 0) is 5.92 Å². The molecule has 120 valence electrons. The van der Waals surface area contributed by atoms with Gasteiger partial charge in [-0.2, -0.15) is 0 Å². The van der Waals surface area contributed by atoms with Crippen molar-refractivity contribution in [2.75, 3.05) is 13.7 Å². The van der Waals surface area contributed by atoms with Gasteiger partial charge in [-0.1, -0.05) is 20.3 Å². The van der Waals surface area contributed by atoms with Crippen molar-refractivity contribution in [3.05, 3.63) is 24.3 Å². The maximum Gasteiger partial charge on any atom is 0.359 e. The van der Waals surface area contributed by atoms with E-state index in [1.165, 1.54) is 25.7 Å². The number of ether oxygens (including phenoxy) is 2. The molecule has 1 N–H and O–H groups in total. The standard InChI is InChI=1S/C14H19N3O5/c1-4-9(2)12(14(20)21-3)17-11(18)8-22-13(19)10-7-15-5-6-16-10/h5-7,9,12H,4,8H2,1-3H3,(H,17,18)/t9-,12-/m1/s1. The Bertz CT molecular complexity index is 520. The Morgan fingerprint density at radius 1 is 1.32 bits per heavy atom. The topological polar surface area (TPSA) is 107 Å². The number of carbonyl (C=O) groups excluding carboxylic acids is 3. The van der Waals surface area contributed by atoms with Crippen molar-refractivity contribution in [2.45, 2.75) is 26.3 Å². The third kappa shape index (κ3) is 5.12. The van der Waals surface area contributed by atoms with Gasteiger partial charge in [0.25, 0.3) is 5.91 Å². The van der Waals surface area contributed by atoms with E-state index in [1.54, 1.807) is 0 Å². The summed E-state index contributed by atoms with van der Waals surface area (Å²) >= 11 is 0. The maximum atomic E-state index is 11.8. The van der Waals surface area contributed by atoms with Crippen LogP contribution in [-0.4, -0.2) is 47.6 Å². The number of hydrogen-bond donors (Lipinski definition) is 1. The van der Waals surface area contributed by atoms with Gasteiger partial charge in [0.2, 0.25) is 0 Å². The van der Waals surface area contributed by atoms with E-state index >= 15 is 0 Å². The van der Waals surface area contributed by atoms with Crippen LogP contribution >= 0.6 is 0 Å². The highest BCUT2D eigenvalue weighted by atomic mass is 16.5. The van der Waals surface area contributed by atoms with Gasteiger partial charge in [0, 0.05) is 12.4 Å². The molecule has 1 aromatic heterocycles. The van der Waals surface area contributed by atoms with Gasteiger partial charge in [0.05, 0.1) is 13.3 Å². The largest absolute Gasteiger partial charge is 0.467 e. The minimum absolute atomic E-state index is 0.00161. The molecule has 1 aromatic rings. The lowest BCUT2D eigenvalue weighted by Crippen LogP contribution is -2.47. The lowest BCUT2D eigenvalue weighted by Gasteiger charge is -2.21. The Labute approximate surface area is 128 Å². The Morgan fingerprint density at radius 3 is 2.59 bits per heavy atom. The summed E-state index contributed by atoms with van der Waals surface area (Å²) in [5.41, 5.74) is 0.00161. The molecule has 2 atom stereocenters. The predicted octanol–water partition coefficient (Wildman–Crippen LogP) is 0.337. The lowest BCUT2D eigenvalue weighted by molar-refractivity contribution is -0.147. The minimum Gasteiger partial charge on any atom is -0.467 e. The highest BCUT2D eigenvalue weighted by Gasteiger charge is 2.27. The van der Waals surface area contributed by atoms with E-state index in [2.05, 4.69) is 20.0 Å². The van der Waals surface area contributed by atoms with E-state index in [0.717, 1.165) is 0 Å². The summed E-state index contributed by atoms with van der Waals surface area (Å²) in [6.45, 7) is 3.19. The number of carbonyl (C=O) groups is 3. The van der Waals surface area contributed by atoms with E-state index in [4.69, 9.17) is 4.74 Å². The van der Waals surface area contributed by atoms with Crippen LogP contribution < -0.4 is 5.32 Å². The summed E-state index contributed by atoms with van der Waals surface area (Å²) in [5, 5.41) is 2.50. The van der Waals surface area contributed by atoms with Crippen molar-refractivity contribution in [2.24, 2.45) is 5.92 Å². The fourth-order valence-electron chi connectivity index (χ4n) is 1.62. The van der Waals surface area contributed by atoms with Crippen molar-refractivity contribution < 1.29 is 23.9 Å². The first kappa shape index (κ1) is 17.5. The quantitative estimate of drug-likeness (QED) is 0.723. The summed E-state index contributed by atoms with van der Waals surface area (Å²) < 4.78 is 9.46. The van der Waals surface area contributed by atoms with Crippen LogP contribution in [0.4, 0.5) is 0 Å². The molecular weight excluding hydrogens is 290 g/mol. The SMILES string of the molecule is CC[C@@H](C)[C@@H](NC(=O)COC(=O)c1cnccn1)C(=O)OC. The van der Waals surface area contributed by atoms with Crippen LogP contribution in [0.15, 0.2) is 18.6 Å². The van der Waals surface area contributed by atoms with Crippen LogP contribution in [0.1, 0.15) is 30.8 Å². The highest BCUT2D eigenvalue weighted by molar-refractivity contribution is 5.90. The molecule has 0 spiro atoms. The van der Waals surface area contributed by atoms with Crippen molar-refractivity contribution in [1.82, 2.24) is 15.3 Å². The highest BCUT2D eigenvalue weighted by Crippen LogP contribution is 2.09. The molecule has 0 unspecified atom stereocenters. The number of esters is 2. The number of methoxy groups -OCH3 is 1. The number of nitrogens with zero attached hydrogens (tertiary/aromatic N) is 2. The zero-order valence-corrected chi connectivity index (χ0v) is 12.7. The van der Waals surface area contributed by atoms with Crippen molar-refractivity contribution >= 4 is 17.8 Å². The molecule has 0 aromatic carbocycles. The van der Waals surface area contributed by atoms with E-state index in [-0.39, 0.29) is 11.6 Å². The molecule has 8 heteroatoms. The zero-order chi connectivity index (χ0) is 16.5. The average molecular weight is 309 g/mol. The molecule has 8 nitrogen and oxygen atoms in total. The molecule has 1 rings (SSSR count). The smallest absolute Gasteiger partial charge is 0.359 e. The number of aromatic nitrogens is 2. The molecule has 0 bridgehead atoms. The molecule has 0 aliphatic carbocycles. The average Bonchev–Trinajstić information content (AvgIpc) is 2.56. The first-order valence-electron chi connectivity index (χ1n) is 6.79. The van der Waals surface area contributed by atoms with Crippen LogP contribution in [-0.2, 0) is 19.1 Å². The fraction of sp³-hybridized carbons (Fsp3) is 0.500. The van der Waals surface area contributed by atoms with Gasteiger partial charge in [0.15, 0.2) is 12.3 Å². The van der Waals surface area contributed by atoms with Gasteiger partial charge in [-0.3, -0.25) is 9.78 Å². The molecule has 0 aliphatic heterocycles. The van der Waals surface area contributed by atoms with Gasteiger partial charge in [-0.25, -0.2) is 14.6 Å². The second-order valence-corrected chi connectivity index (χ2v) is 4.62. The molecule has 1 amide bonds. The monoisotopic (exact) mass is 309 g/mol. The molecule has 22 heavy (non-hydrogen) atoms. The van der Waals surface area contributed by atoms with Crippen LogP contribution in [0.2, 0.25) is 0 Å². The van der Waals surface area contributed by atoms with Gasteiger partial charge >= 0.3 is 11.9 Å². The van der Waals surface area contributed by atoms with Crippen molar-refractivity contribution in [3.63, 3.8) is 0 Å². The molecule has 0 saturated carbocycles. The third-order valence-corrected chi connectivity index (χ3v) is 3.09. The molecule has 0 aliphatic rings. The lowest BCUT2D eigenvalue weighted by atomic mass is 9.99. The molecular formula is C14H19N3O5. The van der Waals surface area contributed by atoms with Crippen LogP contribution in [0.3, 0.4) is 0 Å². The van der Waals surface area contributed by atoms with Crippen molar-refractivity contribution in [3.8, 4) is 0 Å². The van der Waals surface area contributed by atoms with Crippen LogP contribution in [0.5, 0.6) is 0 Å². The second-order valence-electron chi connectivity index (χ2n) is 4.62. The third-order valence-electron chi connectivity index (χ3n) is 3.09. The Balaban J connectivity index is 2.54. The summed E-state index contributed by atoms with van der Waals surface area (Å²) in [7, 11) is 1.25. The Kier molecular flexibility index (Phi) is 6.94.